The molecule has 0 N–H and O–H groups in total. The minimum atomic E-state index is 0.464. The second-order valence-electron chi connectivity index (χ2n) is 6.22. The highest BCUT2D eigenvalue weighted by atomic mass is 16.5. The molecular formula is C23H24O4. The molecule has 0 saturated carbocycles. The van der Waals surface area contributed by atoms with Crippen molar-refractivity contribution in [3.8, 4) is 23.0 Å². The molecule has 0 amide bonds. The second kappa shape index (κ2) is 8.99. The van der Waals surface area contributed by atoms with E-state index in [1.165, 1.54) is 0 Å². The molecule has 0 aliphatic carbocycles. The first-order valence-electron chi connectivity index (χ1n) is 8.80. The van der Waals surface area contributed by atoms with Crippen LogP contribution in [0.1, 0.15) is 16.7 Å². The summed E-state index contributed by atoms with van der Waals surface area (Å²) in [5, 5.41) is 0. The van der Waals surface area contributed by atoms with Gasteiger partial charge in [-0.2, -0.15) is 0 Å². The zero-order chi connectivity index (χ0) is 19.1. The summed E-state index contributed by atoms with van der Waals surface area (Å²) in [7, 11) is 3.31. The van der Waals surface area contributed by atoms with E-state index in [4.69, 9.17) is 18.9 Å². The normalized spacial score (nSPS) is 10.3. The molecule has 3 rings (SSSR count). The van der Waals surface area contributed by atoms with Crippen molar-refractivity contribution >= 4 is 0 Å². The molecule has 4 heteroatoms. The van der Waals surface area contributed by atoms with Crippen molar-refractivity contribution in [1.82, 2.24) is 0 Å². The minimum Gasteiger partial charge on any atom is -0.497 e. The van der Waals surface area contributed by atoms with Gasteiger partial charge in [0.1, 0.15) is 24.7 Å². The van der Waals surface area contributed by atoms with E-state index in [1.54, 1.807) is 14.2 Å². The van der Waals surface area contributed by atoms with E-state index in [0.717, 1.165) is 39.7 Å². The zero-order valence-electron chi connectivity index (χ0n) is 15.9. The monoisotopic (exact) mass is 364 g/mol. The van der Waals surface area contributed by atoms with Crippen LogP contribution in [0.3, 0.4) is 0 Å². The SMILES string of the molecule is COc1ccc(COc2ccc(C)cc2OCc2ccc(OC)cc2)cc1. The van der Waals surface area contributed by atoms with Gasteiger partial charge in [-0.1, -0.05) is 30.3 Å². The Morgan fingerprint density at radius 1 is 0.593 bits per heavy atom. The maximum Gasteiger partial charge on any atom is 0.161 e. The Bertz CT molecular complexity index is 855. The lowest BCUT2D eigenvalue weighted by atomic mass is 10.2. The quantitative estimate of drug-likeness (QED) is 0.552. The highest BCUT2D eigenvalue weighted by Gasteiger charge is 2.07. The summed E-state index contributed by atoms with van der Waals surface area (Å²) >= 11 is 0. The molecular weight excluding hydrogens is 340 g/mol. The van der Waals surface area contributed by atoms with Crippen LogP contribution in [0.5, 0.6) is 23.0 Å². The standard InChI is InChI=1S/C23H24O4/c1-17-4-13-22(26-15-18-5-9-20(24-2)10-6-18)23(14-17)27-16-19-7-11-21(25-3)12-8-19/h4-14H,15-16H2,1-3H3. The van der Waals surface area contributed by atoms with Gasteiger partial charge in [0.05, 0.1) is 14.2 Å². The first-order chi connectivity index (χ1) is 13.2. The summed E-state index contributed by atoms with van der Waals surface area (Å²) in [6.45, 7) is 2.96. The highest BCUT2D eigenvalue weighted by molar-refractivity contribution is 5.43. The van der Waals surface area contributed by atoms with Crippen molar-refractivity contribution in [1.29, 1.82) is 0 Å². The number of hydrogen-bond donors (Lipinski definition) is 0. The molecule has 0 aliphatic heterocycles. The smallest absolute Gasteiger partial charge is 0.161 e. The van der Waals surface area contributed by atoms with Gasteiger partial charge < -0.3 is 18.9 Å². The lowest BCUT2D eigenvalue weighted by molar-refractivity contribution is 0.255. The summed E-state index contributed by atoms with van der Waals surface area (Å²) in [6, 6.07) is 21.6. The van der Waals surface area contributed by atoms with E-state index in [0.29, 0.717) is 13.2 Å². The molecule has 0 aromatic heterocycles. The fraction of sp³-hybridized carbons (Fsp3) is 0.217. The molecule has 4 nitrogen and oxygen atoms in total. The number of hydrogen-bond acceptors (Lipinski definition) is 4. The average molecular weight is 364 g/mol. The van der Waals surface area contributed by atoms with Crippen molar-refractivity contribution in [2.75, 3.05) is 14.2 Å². The van der Waals surface area contributed by atoms with Crippen molar-refractivity contribution in [3.05, 3.63) is 83.4 Å². The summed E-state index contributed by atoms with van der Waals surface area (Å²) in [4.78, 5) is 0. The third-order valence-electron chi connectivity index (χ3n) is 4.21. The Kier molecular flexibility index (Phi) is 6.21. The molecule has 140 valence electrons. The number of rotatable bonds is 8. The molecule has 0 heterocycles. The molecule has 0 aliphatic rings. The molecule has 0 spiro atoms. The van der Waals surface area contributed by atoms with Gasteiger partial charge in [-0.3, -0.25) is 0 Å². The summed E-state index contributed by atoms with van der Waals surface area (Å²) < 4.78 is 22.4. The topological polar surface area (TPSA) is 36.9 Å². The first-order valence-corrected chi connectivity index (χ1v) is 8.80. The third kappa shape index (κ3) is 5.17. The fourth-order valence-corrected chi connectivity index (χ4v) is 2.61. The average Bonchev–Trinajstić information content (AvgIpc) is 2.72. The van der Waals surface area contributed by atoms with Gasteiger partial charge in [0.25, 0.3) is 0 Å². The Hall–Kier alpha value is -3.14. The number of benzene rings is 3. The Morgan fingerprint density at radius 3 is 1.56 bits per heavy atom. The zero-order valence-corrected chi connectivity index (χ0v) is 15.9. The van der Waals surface area contributed by atoms with Crippen LogP contribution in [0.4, 0.5) is 0 Å². The van der Waals surface area contributed by atoms with E-state index in [9.17, 15) is 0 Å². The minimum absolute atomic E-state index is 0.464. The fourth-order valence-electron chi connectivity index (χ4n) is 2.61. The van der Waals surface area contributed by atoms with Crippen LogP contribution in [-0.2, 0) is 13.2 Å². The number of aryl methyl sites for hydroxylation is 1. The lowest BCUT2D eigenvalue weighted by Gasteiger charge is -2.14. The predicted octanol–water partition coefficient (Wildman–Crippen LogP) is 5.17. The molecule has 0 fully saturated rings. The van der Waals surface area contributed by atoms with E-state index in [1.807, 2.05) is 73.7 Å². The molecule has 27 heavy (non-hydrogen) atoms. The summed E-state index contributed by atoms with van der Waals surface area (Å²) in [5.41, 5.74) is 3.26. The Morgan fingerprint density at radius 2 is 1.07 bits per heavy atom. The van der Waals surface area contributed by atoms with Gasteiger partial charge in [0, 0.05) is 0 Å². The van der Waals surface area contributed by atoms with Crippen LogP contribution in [0, 0.1) is 6.92 Å². The first kappa shape index (κ1) is 18.6. The van der Waals surface area contributed by atoms with E-state index >= 15 is 0 Å². The molecule has 0 bridgehead atoms. The summed E-state index contributed by atoms with van der Waals surface area (Å²) in [5.74, 6) is 3.12. The van der Waals surface area contributed by atoms with Gasteiger partial charge in [0.15, 0.2) is 11.5 Å². The lowest BCUT2D eigenvalue weighted by Crippen LogP contribution is -2.01. The number of ether oxygens (including phenoxy) is 4. The molecule has 0 radical (unpaired) electrons. The van der Waals surface area contributed by atoms with Crippen LogP contribution in [0.2, 0.25) is 0 Å². The third-order valence-corrected chi connectivity index (χ3v) is 4.21. The van der Waals surface area contributed by atoms with Crippen molar-refractivity contribution in [3.63, 3.8) is 0 Å². The van der Waals surface area contributed by atoms with Crippen molar-refractivity contribution in [2.24, 2.45) is 0 Å². The predicted molar refractivity (Wildman–Crippen MR) is 106 cm³/mol. The maximum absolute atomic E-state index is 6.02. The molecule has 0 atom stereocenters. The second-order valence-corrected chi connectivity index (χ2v) is 6.22. The van der Waals surface area contributed by atoms with Crippen molar-refractivity contribution in [2.45, 2.75) is 20.1 Å². The highest BCUT2D eigenvalue weighted by Crippen LogP contribution is 2.30. The summed E-state index contributed by atoms with van der Waals surface area (Å²) in [6.07, 6.45) is 0. The van der Waals surface area contributed by atoms with E-state index in [-0.39, 0.29) is 0 Å². The van der Waals surface area contributed by atoms with Crippen LogP contribution in [0.25, 0.3) is 0 Å². The molecule has 0 unspecified atom stereocenters. The number of methoxy groups -OCH3 is 2. The van der Waals surface area contributed by atoms with Gasteiger partial charge in [0.2, 0.25) is 0 Å². The molecule has 0 saturated heterocycles. The largest absolute Gasteiger partial charge is 0.497 e. The van der Waals surface area contributed by atoms with Gasteiger partial charge in [-0.15, -0.1) is 0 Å². The van der Waals surface area contributed by atoms with Crippen LogP contribution < -0.4 is 18.9 Å². The Balaban J connectivity index is 1.66. The molecule has 3 aromatic carbocycles. The van der Waals surface area contributed by atoms with Crippen LogP contribution >= 0.6 is 0 Å². The van der Waals surface area contributed by atoms with Gasteiger partial charge >= 0.3 is 0 Å². The van der Waals surface area contributed by atoms with E-state index in [2.05, 4.69) is 0 Å². The van der Waals surface area contributed by atoms with Gasteiger partial charge in [-0.05, 0) is 60.0 Å². The van der Waals surface area contributed by atoms with E-state index < -0.39 is 0 Å². The van der Waals surface area contributed by atoms with Crippen molar-refractivity contribution < 1.29 is 18.9 Å². The Labute approximate surface area is 160 Å². The van der Waals surface area contributed by atoms with Crippen LogP contribution in [0.15, 0.2) is 66.7 Å². The maximum atomic E-state index is 6.02. The van der Waals surface area contributed by atoms with Crippen LogP contribution in [-0.4, -0.2) is 14.2 Å². The van der Waals surface area contributed by atoms with Gasteiger partial charge in [-0.25, -0.2) is 0 Å². The molecule has 3 aromatic rings.